The number of amides is 1. The summed E-state index contributed by atoms with van der Waals surface area (Å²) in [6, 6.07) is 7.25. The average molecular weight is 281 g/mol. The quantitative estimate of drug-likeness (QED) is 0.650. The fraction of sp³-hybridized carbons (Fsp3) is 0.0667. The van der Waals surface area contributed by atoms with Crippen molar-refractivity contribution in [2.24, 2.45) is 0 Å². The molecule has 0 atom stereocenters. The molecular formula is C15H15N5O. The Kier molecular flexibility index (Phi) is 5.17. The van der Waals surface area contributed by atoms with Crippen LogP contribution >= 0.6 is 0 Å². The van der Waals surface area contributed by atoms with Gasteiger partial charge >= 0.3 is 0 Å². The van der Waals surface area contributed by atoms with Crippen molar-refractivity contribution in [2.75, 3.05) is 10.6 Å². The Bertz CT molecular complexity index is 635. The second-order valence-electron chi connectivity index (χ2n) is 4.04. The molecule has 2 aromatic rings. The maximum Gasteiger partial charge on any atom is 0.248 e. The minimum absolute atomic E-state index is 0.175. The van der Waals surface area contributed by atoms with Crippen LogP contribution in [0.4, 0.5) is 17.3 Å². The van der Waals surface area contributed by atoms with Crippen LogP contribution in [-0.4, -0.2) is 20.9 Å². The van der Waals surface area contributed by atoms with Crippen LogP contribution in [0.3, 0.4) is 0 Å². The Morgan fingerprint density at radius 1 is 1.05 bits per heavy atom. The van der Waals surface area contributed by atoms with E-state index in [2.05, 4.69) is 25.6 Å². The van der Waals surface area contributed by atoms with Crippen LogP contribution in [0.5, 0.6) is 0 Å². The molecule has 2 N–H and O–H groups in total. The van der Waals surface area contributed by atoms with Gasteiger partial charge in [0.25, 0.3) is 0 Å². The van der Waals surface area contributed by atoms with Gasteiger partial charge in [0.15, 0.2) is 0 Å². The van der Waals surface area contributed by atoms with Crippen molar-refractivity contribution in [2.45, 2.75) is 6.92 Å². The van der Waals surface area contributed by atoms with E-state index in [1.165, 1.54) is 18.7 Å². The number of nitrogens with one attached hydrogen (secondary N) is 2. The molecule has 106 valence electrons. The molecule has 6 heteroatoms. The van der Waals surface area contributed by atoms with Gasteiger partial charge in [0.2, 0.25) is 11.9 Å². The zero-order chi connectivity index (χ0) is 14.9. The Morgan fingerprint density at radius 2 is 1.71 bits per heavy atom. The van der Waals surface area contributed by atoms with Gasteiger partial charge in [-0.3, -0.25) is 4.79 Å². The normalized spacial score (nSPS) is 10.9. The maximum atomic E-state index is 11.6. The fourth-order valence-corrected chi connectivity index (χ4v) is 1.51. The molecule has 6 nitrogen and oxygen atoms in total. The first-order valence-electron chi connectivity index (χ1n) is 6.37. The zero-order valence-corrected chi connectivity index (χ0v) is 11.5. The zero-order valence-electron chi connectivity index (χ0n) is 11.5. The number of carbonyl (C=O) groups is 1. The molecule has 1 heterocycles. The number of anilines is 3. The Labute approximate surface area is 122 Å². The molecule has 0 aliphatic carbocycles. The largest absolute Gasteiger partial charge is 0.324 e. The molecule has 1 amide bonds. The highest BCUT2D eigenvalue weighted by molar-refractivity contribution is 5.99. The molecule has 1 aromatic heterocycles. The number of aromatic nitrogens is 3. The van der Waals surface area contributed by atoms with Gasteiger partial charge in [0.1, 0.15) is 12.7 Å². The molecular weight excluding hydrogens is 266 g/mol. The first-order valence-corrected chi connectivity index (χ1v) is 6.37. The summed E-state index contributed by atoms with van der Waals surface area (Å²) in [5, 5.41) is 5.79. The smallest absolute Gasteiger partial charge is 0.248 e. The van der Waals surface area contributed by atoms with Crippen molar-refractivity contribution in [3.63, 3.8) is 0 Å². The van der Waals surface area contributed by atoms with Crippen LogP contribution in [-0.2, 0) is 4.79 Å². The van der Waals surface area contributed by atoms with Gasteiger partial charge in [-0.1, -0.05) is 18.2 Å². The Balaban J connectivity index is 1.94. The van der Waals surface area contributed by atoms with Crippen molar-refractivity contribution >= 4 is 23.2 Å². The van der Waals surface area contributed by atoms with Crippen LogP contribution in [0.1, 0.15) is 6.92 Å². The maximum absolute atomic E-state index is 11.6. The second kappa shape index (κ2) is 7.54. The molecule has 0 saturated carbocycles. The van der Waals surface area contributed by atoms with E-state index in [4.69, 9.17) is 0 Å². The predicted octanol–water partition coefficient (Wildman–Crippen LogP) is 2.69. The van der Waals surface area contributed by atoms with Gasteiger partial charge in [0, 0.05) is 17.5 Å². The summed E-state index contributed by atoms with van der Waals surface area (Å²) >= 11 is 0. The number of nitrogens with zero attached hydrogens (tertiary/aromatic N) is 3. The first-order chi connectivity index (χ1) is 10.3. The monoisotopic (exact) mass is 281 g/mol. The molecule has 0 fully saturated rings. The highest BCUT2D eigenvalue weighted by Gasteiger charge is 1.99. The minimum Gasteiger partial charge on any atom is -0.324 e. The lowest BCUT2D eigenvalue weighted by Gasteiger charge is -2.06. The number of hydrogen-bond acceptors (Lipinski definition) is 5. The molecule has 2 rings (SSSR count). The highest BCUT2D eigenvalue weighted by Crippen LogP contribution is 2.16. The molecule has 0 unspecified atom stereocenters. The van der Waals surface area contributed by atoms with Crippen LogP contribution in [0.25, 0.3) is 0 Å². The van der Waals surface area contributed by atoms with Gasteiger partial charge in [-0.05, 0) is 31.2 Å². The summed E-state index contributed by atoms with van der Waals surface area (Å²) in [5.74, 6) is 0.294. The molecule has 0 spiro atoms. The lowest BCUT2D eigenvalue weighted by molar-refractivity contribution is -0.111. The van der Waals surface area contributed by atoms with E-state index in [1.54, 1.807) is 24.3 Å². The SMILES string of the molecule is CC=CC=CC(=O)Nc1ccc(Nc2ncncn2)cc1. The van der Waals surface area contributed by atoms with Crippen molar-refractivity contribution < 1.29 is 4.79 Å². The van der Waals surface area contributed by atoms with Crippen molar-refractivity contribution in [3.8, 4) is 0 Å². The molecule has 21 heavy (non-hydrogen) atoms. The average Bonchev–Trinajstić information content (AvgIpc) is 2.51. The third kappa shape index (κ3) is 4.87. The van der Waals surface area contributed by atoms with Gasteiger partial charge in [-0.25, -0.2) is 15.0 Å². The van der Waals surface area contributed by atoms with Gasteiger partial charge in [-0.15, -0.1) is 0 Å². The summed E-state index contributed by atoms with van der Waals surface area (Å²) in [4.78, 5) is 23.3. The van der Waals surface area contributed by atoms with Crippen LogP contribution in [0.2, 0.25) is 0 Å². The lowest BCUT2D eigenvalue weighted by Crippen LogP contribution is -2.07. The van der Waals surface area contributed by atoms with E-state index >= 15 is 0 Å². The predicted molar refractivity (Wildman–Crippen MR) is 82.1 cm³/mol. The van der Waals surface area contributed by atoms with Crippen molar-refractivity contribution in [1.82, 2.24) is 15.0 Å². The van der Waals surface area contributed by atoms with Crippen molar-refractivity contribution in [1.29, 1.82) is 0 Å². The number of rotatable bonds is 5. The molecule has 0 aliphatic heterocycles. The Morgan fingerprint density at radius 3 is 2.38 bits per heavy atom. The summed E-state index contributed by atoms with van der Waals surface area (Å²) < 4.78 is 0. The van der Waals surface area contributed by atoms with Crippen molar-refractivity contribution in [3.05, 3.63) is 61.2 Å². The summed E-state index contributed by atoms with van der Waals surface area (Å²) in [5.41, 5.74) is 1.54. The number of allylic oxidation sites excluding steroid dienone is 3. The summed E-state index contributed by atoms with van der Waals surface area (Å²) in [6.07, 6.45) is 9.64. The fourth-order valence-electron chi connectivity index (χ4n) is 1.51. The van der Waals surface area contributed by atoms with Crippen LogP contribution in [0, 0.1) is 0 Å². The van der Waals surface area contributed by atoms with E-state index < -0.39 is 0 Å². The second-order valence-corrected chi connectivity index (χ2v) is 4.04. The van der Waals surface area contributed by atoms with E-state index in [-0.39, 0.29) is 5.91 Å². The number of hydrogen-bond donors (Lipinski definition) is 2. The van der Waals surface area contributed by atoms with Gasteiger partial charge < -0.3 is 10.6 Å². The Hall–Kier alpha value is -3.02. The van der Waals surface area contributed by atoms with Gasteiger partial charge in [-0.2, -0.15) is 0 Å². The molecule has 1 aromatic carbocycles. The molecule has 0 aliphatic rings. The topological polar surface area (TPSA) is 79.8 Å². The van der Waals surface area contributed by atoms with E-state index in [0.717, 1.165) is 5.69 Å². The van der Waals surface area contributed by atoms with E-state index in [0.29, 0.717) is 11.6 Å². The number of benzene rings is 1. The van der Waals surface area contributed by atoms with Crippen LogP contribution in [0.15, 0.2) is 61.2 Å². The third-order valence-electron chi connectivity index (χ3n) is 2.45. The first kappa shape index (κ1) is 14.4. The minimum atomic E-state index is -0.175. The summed E-state index contributed by atoms with van der Waals surface area (Å²) in [7, 11) is 0. The van der Waals surface area contributed by atoms with E-state index in [1.807, 2.05) is 25.1 Å². The highest BCUT2D eigenvalue weighted by atomic mass is 16.1. The third-order valence-corrected chi connectivity index (χ3v) is 2.45. The molecule has 0 bridgehead atoms. The molecule has 0 radical (unpaired) electrons. The lowest BCUT2D eigenvalue weighted by atomic mass is 10.2. The van der Waals surface area contributed by atoms with E-state index in [9.17, 15) is 4.79 Å². The van der Waals surface area contributed by atoms with Gasteiger partial charge in [0.05, 0.1) is 0 Å². The molecule has 0 saturated heterocycles. The standard InChI is InChI=1S/C15H15N5O/c1-2-3-4-5-14(21)19-12-6-8-13(9-7-12)20-15-17-10-16-11-18-15/h2-11H,1H3,(H,19,21)(H,16,17,18,20). The summed E-state index contributed by atoms with van der Waals surface area (Å²) in [6.45, 7) is 1.89. The van der Waals surface area contributed by atoms with Crippen LogP contribution < -0.4 is 10.6 Å². The number of carbonyl (C=O) groups excluding carboxylic acids is 1.